The second-order valence-electron chi connectivity index (χ2n) is 6.09. The number of benzene rings is 2. The molecule has 0 saturated carbocycles. The summed E-state index contributed by atoms with van der Waals surface area (Å²) in [6.45, 7) is 4.19. The van der Waals surface area contributed by atoms with Crippen LogP contribution >= 0.6 is 23.2 Å². The van der Waals surface area contributed by atoms with Crippen LogP contribution in [0.15, 0.2) is 48.5 Å². The standard InChI is InChI=1S/C19H20Cl2N2O/c20-17-6-4-15(5-7-17)13-19(24)23-10-8-22(9-11-23)14-16-2-1-3-18(21)12-16/h1-7,12H,8-11,13-14H2. The number of piperazine rings is 1. The lowest BCUT2D eigenvalue weighted by Crippen LogP contribution is -2.48. The Bertz CT molecular complexity index is 695. The first-order valence-corrected chi connectivity index (χ1v) is 8.85. The van der Waals surface area contributed by atoms with Crippen molar-refractivity contribution in [3.8, 4) is 0 Å². The fourth-order valence-corrected chi connectivity index (χ4v) is 3.28. The van der Waals surface area contributed by atoms with Gasteiger partial charge in [-0.15, -0.1) is 0 Å². The molecule has 24 heavy (non-hydrogen) atoms. The molecule has 0 unspecified atom stereocenters. The number of carbonyl (C=O) groups is 1. The smallest absolute Gasteiger partial charge is 0.227 e. The average Bonchev–Trinajstić information content (AvgIpc) is 2.57. The first-order valence-electron chi connectivity index (χ1n) is 8.09. The monoisotopic (exact) mass is 362 g/mol. The molecule has 0 radical (unpaired) electrons. The number of hydrogen-bond donors (Lipinski definition) is 0. The third-order valence-corrected chi connectivity index (χ3v) is 4.78. The van der Waals surface area contributed by atoms with Crippen LogP contribution in [0.4, 0.5) is 0 Å². The van der Waals surface area contributed by atoms with Gasteiger partial charge in [0.2, 0.25) is 5.91 Å². The van der Waals surface area contributed by atoms with Gasteiger partial charge in [0.05, 0.1) is 6.42 Å². The molecule has 2 aromatic carbocycles. The van der Waals surface area contributed by atoms with Crippen LogP contribution in [-0.4, -0.2) is 41.9 Å². The number of hydrogen-bond acceptors (Lipinski definition) is 2. The Hall–Kier alpha value is -1.55. The molecule has 1 aliphatic heterocycles. The summed E-state index contributed by atoms with van der Waals surface area (Å²) < 4.78 is 0. The van der Waals surface area contributed by atoms with Crippen molar-refractivity contribution in [2.24, 2.45) is 0 Å². The molecule has 0 bridgehead atoms. The largest absolute Gasteiger partial charge is 0.340 e. The second kappa shape index (κ2) is 8.02. The lowest BCUT2D eigenvalue weighted by Gasteiger charge is -2.35. The summed E-state index contributed by atoms with van der Waals surface area (Å²) in [7, 11) is 0. The van der Waals surface area contributed by atoms with E-state index in [1.165, 1.54) is 5.56 Å². The van der Waals surface area contributed by atoms with Crippen molar-refractivity contribution >= 4 is 29.1 Å². The van der Waals surface area contributed by atoms with Gasteiger partial charge in [0.15, 0.2) is 0 Å². The zero-order valence-corrected chi connectivity index (χ0v) is 14.9. The van der Waals surface area contributed by atoms with E-state index in [1.807, 2.05) is 47.4 Å². The summed E-state index contributed by atoms with van der Waals surface area (Å²) in [5.41, 5.74) is 2.22. The fourth-order valence-electron chi connectivity index (χ4n) is 2.94. The zero-order valence-electron chi connectivity index (χ0n) is 13.4. The van der Waals surface area contributed by atoms with Gasteiger partial charge in [-0.2, -0.15) is 0 Å². The maximum atomic E-state index is 12.4. The maximum absolute atomic E-state index is 12.4. The number of carbonyl (C=O) groups excluding carboxylic acids is 1. The van der Waals surface area contributed by atoms with E-state index in [9.17, 15) is 4.79 Å². The predicted molar refractivity (Wildman–Crippen MR) is 98.5 cm³/mol. The minimum absolute atomic E-state index is 0.180. The van der Waals surface area contributed by atoms with Gasteiger partial charge < -0.3 is 4.90 Å². The zero-order chi connectivity index (χ0) is 16.9. The van der Waals surface area contributed by atoms with Gasteiger partial charge in [-0.3, -0.25) is 9.69 Å². The molecule has 0 N–H and O–H groups in total. The quantitative estimate of drug-likeness (QED) is 0.823. The molecule has 1 amide bonds. The van der Waals surface area contributed by atoms with Gasteiger partial charge in [0, 0.05) is 42.8 Å². The molecule has 1 saturated heterocycles. The number of amides is 1. The summed E-state index contributed by atoms with van der Waals surface area (Å²) in [6, 6.07) is 15.4. The SMILES string of the molecule is O=C(Cc1ccc(Cl)cc1)N1CCN(Cc2cccc(Cl)c2)CC1. The lowest BCUT2D eigenvalue weighted by atomic mass is 10.1. The minimum atomic E-state index is 0.180. The Balaban J connectivity index is 1.49. The summed E-state index contributed by atoms with van der Waals surface area (Å²) in [4.78, 5) is 16.7. The molecule has 1 heterocycles. The first-order chi connectivity index (χ1) is 11.6. The van der Waals surface area contributed by atoms with E-state index >= 15 is 0 Å². The Labute approximate surface area is 152 Å². The van der Waals surface area contributed by atoms with Crippen LogP contribution < -0.4 is 0 Å². The van der Waals surface area contributed by atoms with Crippen LogP contribution in [0.5, 0.6) is 0 Å². The molecular formula is C19H20Cl2N2O. The van der Waals surface area contributed by atoms with Crippen LogP contribution in [0.1, 0.15) is 11.1 Å². The highest BCUT2D eigenvalue weighted by molar-refractivity contribution is 6.30. The lowest BCUT2D eigenvalue weighted by molar-refractivity contribution is -0.132. The van der Waals surface area contributed by atoms with Gasteiger partial charge in [-0.1, -0.05) is 47.5 Å². The van der Waals surface area contributed by atoms with Crippen molar-refractivity contribution < 1.29 is 4.79 Å². The molecule has 0 aliphatic carbocycles. The highest BCUT2D eigenvalue weighted by Gasteiger charge is 2.21. The molecule has 2 aromatic rings. The van der Waals surface area contributed by atoms with Gasteiger partial charge in [0.1, 0.15) is 0 Å². The number of nitrogens with zero attached hydrogens (tertiary/aromatic N) is 2. The second-order valence-corrected chi connectivity index (χ2v) is 6.96. The van der Waals surface area contributed by atoms with Crippen molar-refractivity contribution in [2.75, 3.05) is 26.2 Å². The van der Waals surface area contributed by atoms with E-state index in [2.05, 4.69) is 11.0 Å². The normalized spacial score (nSPS) is 15.5. The summed E-state index contributed by atoms with van der Waals surface area (Å²) in [5.74, 6) is 0.180. The molecular weight excluding hydrogens is 343 g/mol. The molecule has 3 nitrogen and oxygen atoms in total. The van der Waals surface area contributed by atoms with E-state index in [0.29, 0.717) is 11.4 Å². The van der Waals surface area contributed by atoms with Gasteiger partial charge in [-0.05, 0) is 35.4 Å². The van der Waals surface area contributed by atoms with E-state index < -0.39 is 0 Å². The molecule has 1 aliphatic rings. The molecule has 0 aromatic heterocycles. The van der Waals surface area contributed by atoms with Crippen molar-refractivity contribution in [2.45, 2.75) is 13.0 Å². The van der Waals surface area contributed by atoms with E-state index in [0.717, 1.165) is 43.3 Å². The average molecular weight is 363 g/mol. The van der Waals surface area contributed by atoms with Gasteiger partial charge in [-0.25, -0.2) is 0 Å². The maximum Gasteiger partial charge on any atom is 0.227 e. The highest BCUT2D eigenvalue weighted by atomic mass is 35.5. The molecule has 5 heteroatoms. The molecule has 3 rings (SSSR count). The molecule has 0 atom stereocenters. The molecule has 126 valence electrons. The van der Waals surface area contributed by atoms with Crippen LogP contribution in [0.3, 0.4) is 0 Å². The van der Waals surface area contributed by atoms with Gasteiger partial charge in [0.25, 0.3) is 0 Å². The van der Waals surface area contributed by atoms with Crippen LogP contribution in [0, 0.1) is 0 Å². The summed E-state index contributed by atoms with van der Waals surface area (Å²) in [5, 5.41) is 1.46. The Morgan fingerprint density at radius 2 is 1.58 bits per heavy atom. The third-order valence-electron chi connectivity index (χ3n) is 4.29. The Kier molecular flexibility index (Phi) is 5.77. The fraction of sp³-hybridized carbons (Fsp3) is 0.316. The van der Waals surface area contributed by atoms with Crippen molar-refractivity contribution in [1.82, 2.24) is 9.80 Å². The Morgan fingerprint density at radius 1 is 0.875 bits per heavy atom. The topological polar surface area (TPSA) is 23.6 Å². The highest BCUT2D eigenvalue weighted by Crippen LogP contribution is 2.15. The predicted octanol–water partition coefficient (Wildman–Crippen LogP) is 3.88. The molecule has 0 spiro atoms. The van der Waals surface area contributed by atoms with Crippen LogP contribution in [0.2, 0.25) is 10.0 Å². The van der Waals surface area contributed by atoms with Crippen molar-refractivity contribution in [3.63, 3.8) is 0 Å². The summed E-state index contributed by atoms with van der Waals surface area (Å²) in [6.07, 6.45) is 0.436. The minimum Gasteiger partial charge on any atom is -0.340 e. The van der Waals surface area contributed by atoms with Crippen LogP contribution in [0.25, 0.3) is 0 Å². The number of halogens is 2. The summed E-state index contributed by atoms with van der Waals surface area (Å²) >= 11 is 11.9. The number of rotatable bonds is 4. The van der Waals surface area contributed by atoms with Crippen LogP contribution in [-0.2, 0) is 17.8 Å². The van der Waals surface area contributed by atoms with E-state index in [-0.39, 0.29) is 5.91 Å². The van der Waals surface area contributed by atoms with Crippen molar-refractivity contribution in [1.29, 1.82) is 0 Å². The molecule has 1 fully saturated rings. The van der Waals surface area contributed by atoms with E-state index in [1.54, 1.807) is 0 Å². The van der Waals surface area contributed by atoms with Crippen molar-refractivity contribution in [3.05, 3.63) is 69.7 Å². The Morgan fingerprint density at radius 3 is 2.25 bits per heavy atom. The van der Waals surface area contributed by atoms with E-state index in [4.69, 9.17) is 23.2 Å². The third kappa shape index (κ3) is 4.73. The first kappa shape index (κ1) is 17.3. The van der Waals surface area contributed by atoms with Gasteiger partial charge >= 0.3 is 0 Å².